The fourth-order valence-corrected chi connectivity index (χ4v) is 3.77. The summed E-state index contributed by atoms with van der Waals surface area (Å²) in [5, 5.41) is 30.7. The predicted octanol–water partition coefficient (Wildman–Crippen LogP) is 3.80. The summed E-state index contributed by atoms with van der Waals surface area (Å²) in [6.45, 7) is 1.76. The summed E-state index contributed by atoms with van der Waals surface area (Å²) in [7, 11) is 1.32. The normalized spacial score (nSPS) is 12.0. The first kappa shape index (κ1) is 21.1. The zero-order valence-corrected chi connectivity index (χ0v) is 17.3. The van der Waals surface area contributed by atoms with Gasteiger partial charge in [0.2, 0.25) is 5.88 Å². The van der Waals surface area contributed by atoms with Crippen molar-refractivity contribution in [1.29, 1.82) is 0 Å². The first-order valence-electron chi connectivity index (χ1n) is 9.73. The van der Waals surface area contributed by atoms with Gasteiger partial charge in [0.25, 0.3) is 0 Å². The quantitative estimate of drug-likeness (QED) is 0.424. The molecule has 0 spiro atoms. The minimum atomic E-state index is -1.31. The second-order valence-electron chi connectivity index (χ2n) is 7.25. The molecule has 4 aromatic rings. The van der Waals surface area contributed by atoms with Crippen molar-refractivity contribution in [3.63, 3.8) is 0 Å². The number of pyridine rings is 1. The largest absolute Gasteiger partial charge is 0.479 e. The van der Waals surface area contributed by atoms with Crippen LogP contribution in [0.1, 0.15) is 43.8 Å². The standard InChI is InChI=1S/C24H20N2O6/c1-13-8-11-18(26-19(24(30)31)22(32-2)25-21(13)26)20(27)15-9-10-16(17(12-15)23(28)29)14-6-4-3-5-7-14/h3-12,20,27H,1-2H3,(H,28,29)(H,30,31). The van der Waals surface area contributed by atoms with Crippen LogP contribution in [0.15, 0.2) is 60.7 Å². The maximum Gasteiger partial charge on any atom is 0.358 e. The molecule has 162 valence electrons. The van der Waals surface area contributed by atoms with Crippen LogP contribution >= 0.6 is 0 Å². The Balaban J connectivity index is 1.90. The second-order valence-corrected chi connectivity index (χ2v) is 7.25. The molecule has 0 aliphatic carbocycles. The second kappa shape index (κ2) is 8.16. The molecular formula is C24H20N2O6. The smallest absolute Gasteiger partial charge is 0.358 e. The highest BCUT2D eigenvalue weighted by molar-refractivity contribution is 5.96. The molecule has 2 heterocycles. The molecule has 0 radical (unpaired) electrons. The average molecular weight is 432 g/mol. The van der Waals surface area contributed by atoms with Crippen molar-refractivity contribution in [3.05, 3.63) is 88.7 Å². The highest BCUT2D eigenvalue weighted by Crippen LogP contribution is 2.32. The van der Waals surface area contributed by atoms with Crippen LogP contribution in [0, 0.1) is 6.92 Å². The van der Waals surface area contributed by atoms with Crippen molar-refractivity contribution in [2.75, 3.05) is 7.11 Å². The minimum absolute atomic E-state index is 0.0257. The minimum Gasteiger partial charge on any atom is -0.479 e. The molecular weight excluding hydrogens is 412 g/mol. The van der Waals surface area contributed by atoms with E-state index in [0.29, 0.717) is 22.3 Å². The van der Waals surface area contributed by atoms with Crippen LogP contribution in [0.5, 0.6) is 5.88 Å². The lowest BCUT2D eigenvalue weighted by Gasteiger charge is -2.17. The summed E-state index contributed by atoms with van der Waals surface area (Å²) in [5.74, 6) is -2.48. The highest BCUT2D eigenvalue weighted by Gasteiger charge is 2.26. The van der Waals surface area contributed by atoms with Crippen LogP contribution in [0.2, 0.25) is 0 Å². The number of hydrogen-bond acceptors (Lipinski definition) is 5. The van der Waals surface area contributed by atoms with E-state index >= 15 is 0 Å². The number of ether oxygens (including phenoxy) is 1. The maximum absolute atomic E-state index is 12.0. The number of carboxylic acids is 2. The van der Waals surface area contributed by atoms with E-state index in [2.05, 4.69) is 4.98 Å². The van der Waals surface area contributed by atoms with E-state index in [4.69, 9.17) is 4.74 Å². The number of aromatic nitrogens is 2. The average Bonchev–Trinajstić information content (AvgIpc) is 3.20. The molecule has 8 nitrogen and oxygen atoms in total. The topological polar surface area (TPSA) is 121 Å². The molecule has 0 saturated carbocycles. The number of carboxylic acid groups (broad SMARTS) is 2. The molecule has 1 atom stereocenters. The summed E-state index contributed by atoms with van der Waals surface area (Å²) >= 11 is 0. The van der Waals surface area contributed by atoms with Gasteiger partial charge >= 0.3 is 11.9 Å². The van der Waals surface area contributed by atoms with E-state index in [1.807, 2.05) is 18.2 Å². The lowest BCUT2D eigenvalue weighted by Crippen LogP contribution is -2.13. The zero-order valence-electron chi connectivity index (χ0n) is 17.3. The van der Waals surface area contributed by atoms with Crippen LogP contribution < -0.4 is 4.74 Å². The SMILES string of the molecule is COc1nc2c(C)ccc(C(O)c3ccc(-c4ccccc4)c(C(=O)O)c3)n2c1C(=O)O. The Morgan fingerprint density at radius 1 is 1.00 bits per heavy atom. The van der Waals surface area contributed by atoms with Crippen LogP contribution in [0.4, 0.5) is 0 Å². The van der Waals surface area contributed by atoms with Crippen LogP contribution in [0.25, 0.3) is 16.8 Å². The highest BCUT2D eigenvalue weighted by atomic mass is 16.5. The Morgan fingerprint density at radius 3 is 2.34 bits per heavy atom. The van der Waals surface area contributed by atoms with E-state index < -0.39 is 18.0 Å². The van der Waals surface area contributed by atoms with E-state index in [1.54, 1.807) is 43.3 Å². The Kier molecular flexibility index (Phi) is 5.38. The number of aliphatic hydroxyl groups excluding tert-OH is 1. The molecule has 0 saturated heterocycles. The van der Waals surface area contributed by atoms with Gasteiger partial charge in [-0.25, -0.2) is 9.59 Å². The Hall–Kier alpha value is -4.17. The molecule has 2 aromatic heterocycles. The molecule has 0 aliphatic heterocycles. The molecule has 8 heteroatoms. The van der Waals surface area contributed by atoms with Gasteiger partial charge in [-0.05, 0) is 41.3 Å². The molecule has 3 N–H and O–H groups in total. The summed E-state index contributed by atoms with van der Waals surface area (Å²) in [6, 6.07) is 17.0. The number of aliphatic hydroxyl groups is 1. The van der Waals surface area contributed by atoms with Crippen LogP contribution in [0.3, 0.4) is 0 Å². The molecule has 1 unspecified atom stereocenters. The number of carbonyl (C=O) groups is 2. The Morgan fingerprint density at radius 2 is 1.72 bits per heavy atom. The number of nitrogens with zero attached hydrogens (tertiary/aromatic N) is 2. The predicted molar refractivity (Wildman–Crippen MR) is 116 cm³/mol. The van der Waals surface area contributed by atoms with Crippen LogP contribution in [-0.4, -0.2) is 43.8 Å². The van der Waals surface area contributed by atoms with Gasteiger partial charge in [-0.3, -0.25) is 4.40 Å². The number of methoxy groups -OCH3 is 1. The summed E-state index contributed by atoms with van der Waals surface area (Å²) in [6.07, 6.45) is -1.31. The van der Waals surface area contributed by atoms with Crippen molar-refractivity contribution in [2.45, 2.75) is 13.0 Å². The molecule has 2 aromatic carbocycles. The Bertz CT molecular complexity index is 1340. The molecule has 0 bridgehead atoms. The summed E-state index contributed by atoms with van der Waals surface area (Å²) in [5.41, 5.74) is 2.60. The molecule has 0 amide bonds. The number of aromatic carboxylic acids is 2. The summed E-state index contributed by atoms with van der Waals surface area (Å²) in [4.78, 5) is 28.1. The van der Waals surface area contributed by atoms with E-state index in [-0.39, 0.29) is 22.8 Å². The van der Waals surface area contributed by atoms with E-state index in [9.17, 15) is 24.9 Å². The maximum atomic E-state index is 12.0. The van der Waals surface area contributed by atoms with Gasteiger partial charge in [0.05, 0.1) is 18.4 Å². The van der Waals surface area contributed by atoms with Crippen molar-refractivity contribution in [3.8, 4) is 17.0 Å². The number of aryl methyl sites for hydroxylation is 1. The number of imidazole rings is 1. The van der Waals surface area contributed by atoms with E-state index in [1.165, 1.54) is 17.6 Å². The fraction of sp³-hybridized carbons (Fsp3) is 0.125. The number of fused-ring (bicyclic) bond motifs is 1. The van der Waals surface area contributed by atoms with Gasteiger partial charge in [-0.1, -0.05) is 48.5 Å². The van der Waals surface area contributed by atoms with Crippen molar-refractivity contribution in [1.82, 2.24) is 9.38 Å². The van der Waals surface area contributed by atoms with Gasteiger partial charge in [-0.15, -0.1) is 0 Å². The van der Waals surface area contributed by atoms with Gasteiger partial charge in [0.15, 0.2) is 5.69 Å². The third-order valence-electron chi connectivity index (χ3n) is 5.31. The Labute approximate surface area is 183 Å². The van der Waals surface area contributed by atoms with Gasteiger partial charge in [0.1, 0.15) is 11.8 Å². The zero-order chi connectivity index (χ0) is 23.0. The fourth-order valence-electron chi connectivity index (χ4n) is 3.77. The first-order valence-corrected chi connectivity index (χ1v) is 9.73. The lowest BCUT2D eigenvalue weighted by atomic mass is 9.95. The number of hydrogen-bond donors (Lipinski definition) is 3. The van der Waals surface area contributed by atoms with Crippen molar-refractivity contribution >= 4 is 17.6 Å². The van der Waals surface area contributed by atoms with Crippen LogP contribution in [-0.2, 0) is 0 Å². The monoisotopic (exact) mass is 432 g/mol. The van der Waals surface area contributed by atoms with Gasteiger partial charge in [-0.2, -0.15) is 4.98 Å². The van der Waals surface area contributed by atoms with Gasteiger partial charge in [0, 0.05) is 0 Å². The van der Waals surface area contributed by atoms with Crippen molar-refractivity contribution in [2.24, 2.45) is 0 Å². The summed E-state index contributed by atoms with van der Waals surface area (Å²) < 4.78 is 6.46. The third kappa shape index (κ3) is 3.46. The van der Waals surface area contributed by atoms with Gasteiger partial charge < -0.3 is 20.1 Å². The number of rotatable bonds is 6. The number of benzene rings is 2. The molecule has 32 heavy (non-hydrogen) atoms. The van der Waals surface area contributed by atoms with Crippen molar-refractivity contribution < 1.29 is 29.6 Å². The molecule has 0 aliphatic rings. The molecule has 0 fully saturated rings. The lowest BCUT2D eigenvalue weighted by molar-refractivity contribution is 0.0678. The first-order chi connectivity index (χ1) is 15.3. The third-order valence-corrected chi connectivity index (χ3v) is 5.31. The van der Waals surface area contributed by atoms with E-state index in [0.717, 1.165) is 5.56 Å². The molecule has 4 rings (SSSR count).